The lowest BCUT2D eigenvalue weighted by Gasteiger charge is -2.24. The van der Waals surface area contributed by atoms with Crippen molar-refractivity contribution in [2.75, 3.05) is 5.33 Å². The highest BCUT2D eigenvalue weighted by Gasteiger charge is 2.20. The zero-order valence-corrected chi connectivity index (χ0v) is 8.45. The Bertz CT molecular complexity index is 79.3. The Labute approximate surface area is 72.0 Å². The summed E-state index contributed by atoms with van der Waals surface area (Å²) in [5, 5.41) is 10.7. The molecule has 0 aliphatic heterocycles. The second kappa shape index (κ2) is 5.14. The van der Waals surface area contributed by atoms with Gasteiger partial charge in [0.1, 0.15) is 0 Å². The van der Waals surface area contributed by atoms with Gasteiger partial charge in [0.15, 0.2) is 0 Å². The highest BCUT2D eigenvalue weighted by Crippen LogP contribution is 2.21. The smallest absolute Gasteiger partial charge is 0.0642 e. The predicted octanol–water partition coefficient (Wildman–Crippen LogP) is 2.71. The Hall–Kier alpha value is 0.440. The summed E-state index contributed by atoms with van der Waals surface area (Å²) < 4.78 is 0. The number of aliphatic hydroxyl groups is 1. The third-order valence-corrected chi connectivity index (χ3v) is 2.65. The molecule has 0 atom stereocenters. The highest BCUT2D eigenvalue weighted by molar-refractivity contribution is 9.09. The molecule has 0 amide bonds. The third kappa shape index (κ3) is 3.57. The van der Waals surface area contributed by atoms with Gasteiger partial charge in [-0.15, -0.1) is 0 Å². The summed E-state index contributed by atoms with van der Waals surface area (Å²) in [7, 11) is 0. The molecule has 0 bridgehead atoms. The van der Waals surface area contributed by atoms with Crippen molar-refractivity contribution in [2.24, 2.45) is 0 Å². The van der Waals surface area contributed by atoms with E-state index in [0.29, 0.717) is 0 Å². The van der Waals surface area contributed by atoms with Crippen LogP contribution in [0.2, 0.25) is 0 Å². The largest absolute Gasteiger partial charge is 0.390 e. The second-order valence-corrected chi connectivity index (χ2v) is 3.52. The van der Waals surface area contributed by atoms with Gasteiger partial charge in [0.05, 0.1) is 5.60 Å². The molecule has 62 valence electrons. The number of halogens is 1. The average Bonchev–Trinajstić information content (AvgIpc) is 2.00. The standard InChI is InChI=1S/C8H17BrO/c1-3-8(10,4-2)6-5-7-9/h10H,3-7H2,1-2H3. The number of hydrogen-bond donors (Lipinski definition) is 1. The van der Waals surface area contributed by atoms with Crippen LogP contribution in [0.4, 0.5) is 0 Å². The molecule has 1 N–H and O–H groups in total. The fourth-order valence-electron chi connectivity index (χ4n) is 0.999. The second-order valence-electron chi connectivity index (χ2n) is 2.72. The minimum Gasteiger partial charge on any atom is -0.390 e. The molecule has 0 saturated carbocycles. The Morgan fingerprint density at radius 1 is 1.30 bits per heavy atom. The minimum atomic E-state index is -0.395. The number of rotatable bonds is 5. The van der Waals surface area contributed by atoms with Gasteiger partial charge in [-0.3, -0.25) is 0 Å². The summed E-state index contributed by atoms with van der Waals surface area (Å²) in [5.41, 5.74) is -0.395. The molecule has 0 aliphatic carbocycles. The summed E-state index contributed by atoms with van der Waals surface area (Å²) in [5.74, 6) is 0. The summed E-state index contributed by atoms with van der Waals surface area (Å²) in [4.78, 5) is 0. The molecular formula is C8H17BrO. The van der Waals surface area contributed by atoms with Crippen molar-refractivity contribution in [1.29, 1.82) is 0 Å². The molecule has 1 nitrogen and oxygen atoms in total. The van der Waals surface area contributed by atoms with Crippen LogP contribution in [-0.2, 0) is 0 Å². The van der Waals surface area contributed by atoms with Crippen LogP contribution in [0.25, 0.3) is 0 Å². The monoisotopic (exact) mass is 208 g/mol. The van der Waals surface area contributed by atoms with Gasteiger partial charge in [-0.1, -0.05) is 29.8 Å². The topological polar surface area (TPSA) is 20.2 Å². The van der Waals surface area contributed by atoms with Crippen molar-refractivity contribution in [2.45, 2.75) is 45.1 Å². The van der Waals surface area contributed by atoms with Crippen molar-refractivity contribution in [3.05, 3.63) is 0 Å². The molecule has 0 spiro atoms. The lowest BCUT2D eigenvalue weighted by atomic mass is 9.92. The van der Waals surface area contributed by atoms with Crippen LogP contribution >= 0.6 is 15.9 Å². The minimum absolute atomic E-state index is 0.395. The Kier molecular flexibility index (Phi) is 5.36. The molecule has 0 aromatic rings. The molecular weight excluding hydrogens is 192 g/mol. The van der Waals surface area contributed by atoms with E-state index in [4.69, 9.17) is 0 Å². The van der Waals surface area contributed by atoms with E-state index >= 15 is 0 Å². The first-order chi connectivity index (χ1) is 4.68. The van der Waals surface area contributed by atoms with E-state index in [1.165, 1.54) is 0 Å². The van der Waals surface area contributed by atoms with E-state index in [-0.39, 0.29) is 0 Å². The number of hydrogen-bond acceptors (Lipinski definition) is 1. The lowest BCUT2D eigenvalue weighted by Crippen LogP contribution is -2.26. The van der Waals surface area contributed by atoms with Crippen LogP contribution in [0.5, 0.6) is 0 Å². The van der Waals surface area contributed by atoms with E-state index in [2.05, 4.69) is 15.9 Å². The zero-order chi connectivity index (χ0) is 8.04. The van der Waals surface area contributed by atoms with Crippen LogP contribution in [0, 0.1) is 0 Å². The van der Waals surface area contributed by atoms with Gasteiger partial charge < -0.3 is 5.11 Å². The molecule has 0 radical (unpaired) electrons. The van der Waals surface area contributed by atoms with Crippen LogP contribution in [0.15, 0.2) is 0 Å². The normalized spacial score (nSPS) is 12.0. The Morgan fingerprint density at radius 2 is 1.80 bits per heavy atom. The average molecular weight is 209 g/mol. The molecule has 0 saturated heterocycles. The molecule has 0 fully saturated rings. The summed E-state index contributed by atoms with van der Waals surface area (Å²) in [6, 6.07) is 0. The fraction of sp³-hybridized carbons (Fsp3) is 1.00. The van der Waals surface area contributed by atoms with E-state index in [9.17, 15) is 5.11 Å². The third-order valence-electron chi connectivity index (χ3n) is 2.09. The van der Waals surface area contributed by atoms with E-state index in [0.717, 1.165) is 31.0 Å². The molecule has 0 aromatic heterocycles. The first-order valence-electron chi connectivity index (χ1n) is 3.97. The molecule has 10 heavy (non-hydrogen) atoms. The summed E-state index contributed by atoms with van der Waals surface area (Å²) >= 11 is 3.35. The molecule has 0 heterocycles. The van der Waals surface area contributed by atoms with Crippen molar-refractivity contribution < 1.29 is 5.11 Å². The maximum Gasteiger partial charge on any atom is 0.0642 e. The first-order valence-corrected chi connectivity index (χ1v) is 5.09. The fourth-order valence-corrected chi connectivity index (χ4v) is 1.28. The molecule has 0 aromatic carbocycles. The molecule has 0 unspecified atom stereocenters. The van der Waals surface area contributed by atoms with Crippen LogP contribution in [-0.4, -0.2) is 16.0 Å². The van der Waals surface area contributed by atoms with Crippen molar-refractivity contribution >= 4 is 15.9 Å². The maximum absolute atomic E-state index is 9.74. The molecule has 2 heteroatoms. The van der Waals surface area contributed by atoms with Crippen molar-refractivity contribution in [3.8, 4) is 0 Å². The molecule has 0 rings (SSSR count). The van der Waals surface area contributed by atoms with Gasteiger partial charge in [0.25, 0.3) is 0 Å². The SMILES string of the molecule is CCC(O)(CC)CCCBr. The first kappa shape index (κ1) is 10.4. The van der Waals surface area contributed by atoms with Crippen molar-refractivity contribution in [3.63, 3.8) is 0 Å². The predicted molar refractivity (Wildman–Crippen MR) is 48.6 cm³/mol. The number of alkyl halides is 1. The van der Waals surface area contributed by atoms with E-state index in [1.54, 1.807) is 0 Å². The zero-order valence-electron chi connectivity index (χ0n) is 6.86. The highest BCUT2D eigenvalue weighted by atomic mass is 79.9. The van der Waals surface area contributed by atoms with Gasteiger partial charge in [-0.05, 0) is 25.7 Å². The summed E-state index contributed by atoms with van der Waals surface area (Å²) in [6.45, 7) is 4.08. The van der Waals surface area contributed by atoms with Crippen LogP contribution in [0.1, 0.15) is 39.5 Å². The van der Waals surface area contributed by atoms with Crippen LogP contribution in [0.3, 0.4) is 0 Å². The lowest BCUT2D eigenvalue weighted by molar-refractivity contribution is 0.0233. The molecule has 0 aliphatic rings. The summed E-state index contributed by atoms with van der Waals surface area (Å²) in [6.07, 6.45) is 3.73. The van der Waals surface area contributed by atoms with Gasteiger partial charge in [-0.25, -0.2) is 0 Å². The van der Waals surface area contributed by atoms with Gasteiger partial charge in [-0.2, -0.15) is 0 Å². The Balaban J connectivity index is 3.58. The maximum atomic E-state index is 9.74. The van der Waals surface area contributed by atoms with E-state index < -0.39 is 5.60 Å². The van der Waals surface area contributed by atoms with Gasteiger partial charge >= 0.3 is 0 Å². The van der Waals surface area contributed by atoms with Gasteiger partial charge in [0.2, 0.25) is 0 Å². The Morgan fingerprint density at radius 3 is 2.10 bits per heavy atom. The van der Waals surface area contributed by atoms with Crippen LogP contribution < -0.4 is 0 Å². The van der Waals surface area contributed by atoms with Gasteiger partial charge in [0, 0.05) is 5.33 Å². The quantitative estimate of drug-likeness (QED) is 0.690. The van der Waals surface area contributed by atoms with Crippen molar-refractivity contribution in [1.82, 2.24) is 0 Å². The van der Waals surface area contributed by atoms with E-state index in [1.807, 2.05) is 13.8 Å².